The summed E-state index contributed by atoms with van der Waals surface area (Å²) in [5.74, 6) is 0.802. The normalized spacial score (nSPS) is 12.9. The minimum absolute atomic E-state index is 0.218. The number of rotatable bonds is 8. The molecule has 0 aliphatic rings. The first-order valence-electron chi connectivity index (χ1n) is 8.64. The molecule has 0 amide bonds. The molecule has 3 rings (SSSR count). The molecule has 0 saturated carbocycles. The summed E-state index contributed by atoms with van der Waals surface area (Å²) in [5.41, 5.74) is 2.93. The van der Waals surface area contributed by atoms with Crippen LogP contribution in [0.5, 0.6) is 5.75 Å². The molecule has 0 unspecified atom stereocenters. The Morgan fingerprint density at radius 1 is 1.04 bits per heavy atom. The number of hydrogen-bond acceptors (Lipinski definition) is 1. The van der Waals surface area contributed by atoms with E-state index >= 15 is 0 Å². The number of methoxy groups -OCH3 is 1. The Kier molecular flexibility index (Phi) is 5.77. The first kappa shape index (κ1) is 17.1. The van der Waals surface area contributed by atoms with Crippen molar-refractivity contribution in [3.05, 3.63) is 52.9 Å². The summed E-state index contributed by atoms with van der Waals surface area (Å²) in [6, 6.07) is 10.1. The van der Waals surface area contributed by atoms with Crippen LogP contribution in [-0.4, -0.2) is 28.7 Å². The zero-order valence-electron chi connectivity index (χ0n) is 14.4. The van der Waals surface area contributed by atoms with Gasteiger partial charge in [-0.25, -0.2) is 0 Å². The summed E-state index contributed by atoms with van der Waals surface area (Å²) in [6.07, 6.45) is 9.67. The zero-order chi connectivity index (χ0) is 17.5. The molecule has 0 atom stereocenters. The molecule has 0 aliphatic carbocycles. The molecule has 132 valence electrons. The van der Waals surface area contributed by atoms with Gasteiger partial charge in [-0.15, -0.1) is 0 Å². The number of unbranched alkanes of at least 4 members (excludes halogenated alkanes) is 3. The van der Waals surface area contributed by atoms with Crippen LogP contribution in [0.3, 0.4) is 0 Å². The average molecular weight is 341 g/mol. The third-order valence-electron chi connectivity index (χ3n) is 4.15. The van der Waals surface area contributed by atoms with Crippen molar-refractivity contribution in [2.75, 3.05) is 13.8 Å². The number of ether oxygens (including phenoxy) is 1. The van der Waals surface area contributed by atoms with E-state index in [0.717, 1.165) is 52.8 Å². The van der Waals surface area contributed by atoms with Gasteiger partial charge < -0.3 is 19.7 Å². The largest absolute Gasteiger partial charge is 0.494 e. The maximum absolute atomic E-state index is 12.1. The lowest BCUT2D eigenvalue weighted by Gasteiger charge is -1.95. The average Bonchev–Trinajstić information content (AvgIpc) is 3.35. The Labute approximate surface area is 146 Å². The molecule has 25 heavy (non-hydrogen) atoms. The van der Waals surface area contributed by atoms with Crippen LogP contribution < -0.4 is 15.4 Å². The van der Waals surface area contributed by atoms with Crippen molar-refractivity contribution in [1.29, 1.82) is 0 Å². The molecule has 0 radical (unpaired) electrons. The molecule has 3 aromatic heterocycles. The SMILES string of the molecule is COc1cc(-c2ccc[nH]2)[nH]c1C=c1ccc(=CCCCCCF)[nH]1. The van der Waals surface area contributed by atoms with Crippen molar-refractivity contribution in [3.8, 4) is 17.1 Å². The van der Waals surface area contributed by atoms with Gasteiger partial charge in [-0.1, -0.05) is 12.5 Å². The van der Waals surface area contributed by atoms with Crippen LogP contribution in [0.1, 0.15) is 31.4 Å². The Bertz CT molecular complexity index is 890. The first-order valence-corrected chi connectivity index (χ1v) is 8.64. The summed E-state index contributed by atoms with van der Waals surface area (Å²) in [5, 5.41) is 2.09. The van der Waals surface area contributed by atoms with E-state index in [0.29, 0.717) is 6.42 Å². The lowest BCUT2D eigenvalue weighted by molar-refractivity contribution is 0.414. The maximum Gasteiger partial charge on any atom is 0.144 e. The smallest absolute Gasteiger partial charge is 0.144 e. The first-order chi connectivity index (χ1) is 12.3. The van der Waals surface area contributed by atoms with Gasteiger partial charge >= 0.3 is 0 Å². The Hall–Kier alpha value is -2.69. The predicted molar refractivity (Wildman–Crippen MR) is 99.6 cm³/mol. The van der Waals surface area contributed by atoms with Crippen LogP contribution >= 0.6 is 0 Å². The molecule has 0 spiro atoms. The highest BCUT2D eigenvalue weighted by Gasteiger charge is 2.08. The molecule has 0 saturated heterocycles. The minimum Gasteiger partial charge on any atom is -0.494 e. The molecule has 0 fully saturated rings. The van der Waals surface area contributed by atoms with Crippen LogP contribution in [0.4, 0.5) is 4.39 Å². The number of aromatic nitrogens is 3. The van der Waals surface area contributed by atoms with Crippen molar-refractivity contribution in [3.63, 3.8) is 0 Å². The fourth-order valence-corrected chi connectivity index (χ4v) is 2.83. The number of aromatic amines is 3. The standard InChI is InChI=1S/C20H24FN3O/c1-25-20-14-18(17-8-6-12-22-17)24-19(20)13-16-10-9-15(23-16)7-4-2-3-5-11-21/h6-10,12-14,22-24H,2-5,11H2,1H3. The van der Waals surface area contributed by atoms with E-state index in [9.17, 15) is 4.39 Å². The summed E-state index contributed by atoms with van der Waals surface area (Å²) in [4.78, 5) is 9.95. The minimum atomic E-state index is -0.218. The maximum atomic E-state index is 12.1. The zero-order valence-corrected chi connectivity index (χ0v) is 14.4. The van der Waals surface area contributed by atoms with Crippen LogP contribution in [0, 0.1) is 0 Å². The van der Waals surface area contributed by atoms with Crippen LogP contribution in [0.15, 0.2) is 36.5 Å². The van der Waals surface area contributed by atoms with Crippen molar-refractivity contribution in [2.24, 2.45) is 0 Å². The Balaban J connectivity index is 1.78. The number of halogens is 1. The molecule has 0 bridgehead atoms. The van der Waals surface area contributed by atoms with E-state index in [1.165, 1.54) is 0 Å². The van der Waals surface area contributed by atoms with E-state index < -0.39 is 0 Å². The number of hydrogen-bond donors (Lipinski definition) is 3. The fourth-order valence-electron chi connectivity index (χ4n) is 2.83. The van der Waals surface area contributed by atoms with Gasteiger partial charge in [0, 0.05) is 23.0 Å². The third kappa shape index (κ3) is 4.44. The van der Waals surface area contributed by atoms with Gasteiger partial charge in [-0.3, -0.25) is 4.39 Å². The van der Waals surface area contributed by atoms with Gasteiger partial charge in [-0.05, 0) is 49.6 Å². The predicted octanol–water partition coefficient (Wildman–Crippen LogP) is 3.49. The van der Waals surface area contributed by atoms with E-state index in [1.807, 2.05) is 36.5 Å². The Morgan fingerprint density at radius 2 is 1.92 bits per heavy atom. The third-order valence-corrected chi connectivity index (χ3v) is 4.15. The molecule has 0 aliphatic heterocycles. The molecule has 0 aromatic carbocycles. The molecular formula is C20H24FN3O. The van der Waals surface area contributed by atoms with Gasteiger partial charge in [0.05, 0.1) is 30.9 Å². The highest BCUT2D eigenvalue weighted by atomic mass is 19.1. The van der Waals surface area contributed by atoms with Gasteiger partial charge in [0.15, 0.2) is 0 Å². The number of alkyl halides is 1. The topological polar surface area (TPSA) is 56.6 Å². The van der Waals surface area contributed by atoms with E-state index in [4.69, 9.17) is 4.74 Å². The van der Waals surface area contributed by atoms with E-state index in [2.05, 4.69) is 27.1 Å². The lowest BCUT2D eigenvalue weighted by Crippen LogP contribution is -2.09. The van der Waals surface area contributed by atoms with Crippen molar-refractivity contribution in [1.82, 2.24) is 15.0 Å². The summed E-state index contributed by atoms with van der Waals surface area (Å²) in [6.45, 7) is -0.218. The second-order valence-corrected chi connectivity index (χ2v) is 6.00. The number of nitrogens with one attached hydrogen (secondary N) is 3. The molecule has 3 aromatic rings. The van der Waals surface area contributed by atoms with Gasteiger partial charge in [0.2, 0.25) is 0 Å². The lowest BCUT2D eigenvalue weighted by atomic mass is 10.2. The quantitative estimate of drug-likeness (QED) is 0.540. The highest BCUT2D eigenvalue weighted by molar-refractivity contribution is 5.65. The van der Waals surface area contributed by atoms with Crippen molar-refractivity contribution in [2.45, 2.75) is 25.7 Å². The van der Waals surface area contributed by atoms with Gasteiger partial charge in [-0.2, -0.15) is 0 Å². The van der Waals surface area contributed by atoms with Crippen molar-refractivity contribution >= 4 is 12.2 Å². The highest BCUT2D eigenvalue weighted by Crippen LogP contribution is 2.26. The molecule has 4 nitrogen and oxygen atoms in total. The molecule has 3 N–H and O–H groups in total. The van der Waals surface area contributed by atoms with Gasteiger partial charge in [0.25, 0.3) is 0 Å². The molecule has 3 heterocycles. The summed E-state index contributed by atoms with van der Waals surface area (Å²) >= 11 is 0. The van der Waals surface area contributed by atoms with Gasteiger partial charge in [0.1, 0.15) is 5.75 Å². The number of H-pyrrole nitrogens is 3. The van der Waals surface area contributed by atoms with E-state index in [1.54, 1.807) is 7.11 Å². The second kappa shape index (κ2) is 8.42. The van der Waals surface area contributed by atoms with E-state index in [-0.39, 0.29) is 6.67 Å². The van der Waals surface area contributed by atoms with Crippen LogP contribution in [0.2, 0.25) is 0 Å². The summed E-state index contributed by atoms with van der Waals surface area (Å²) < 4.78 is 17.5. The molecule has 5 heteroatoms. The van der Waals surface area contributed by atoms with Crippen LogP contribution in [0.25, 0.3) is 23.5 Å². The molecular weight excluding hydrogens is 317 g/mol. The monoisotopic (exact) mass is 341 g/mol. The second-order valence-electron chi connectivity index (χ2n) is 6.00. The summed E-state index contributed by atoms with van der Waals surface area (Å²) in [7, 11) is 1.67. The van der Waals surface area contributed by atoms with Crippen molar-refractivity contribution < 1.29 is 9.13 Å². The Morgan fingerprint density at radius 3 is 2.68 bits per heavy atom. The fraction of sp³-hybridized carbons (Fsp3) is 0.300. The van der Waals surface area contributed by atoms with Crippen LogP contribution in [-0.2, 0) is 0 Å².